The number of nitrogens with zero attached hydrogens (tertiary/aromatic N) is 1. The number of hydrogen-bond acceptors (Lipinski definition) is 5. The Bertz CT molecular complexity index is 937. The summed E-state index contributed by atoms with van der Waals surface area (Å²) in [5.41, 5.74) is 1.33. The zero-order valence-electron chi connectivity index (χ0n) is 19.9. The first-order chi connectivity index (χ1) is 16.5. The number of nitrogens with one attached hydrogen (secondary N) is 1. The van der Waals surface area contributed by atoms with E-state index in [1.807, 2.05) is 37.3 Å². The largest absolute Gasteiger partial charge is 0.486 e. The quantitative estimate of drug-likeness (QED) is 0.510. The van der Waals surface area contributed by atoms with Crippen molar-refractivity contribution in [2.24, 2.45) is 5.92 Å². The highest BCUT2D eigenvalue weighted by Crippen LogP contribution is 2.47. The van der Waals surface area contributed by atoms with Gasteiger partial charge in [0.05, 0.1) is 18.6 Å². The van der Waals surface area contributed by atoms with Gasteiger partial charge in [0.1, 0.15) is 18.0 Å². The summed E-state index contributed by atoms with van der Waals surface area (Å²) in [6.45, 7) is 2.48. The molecule has 4 atom stereocenters. The molecule has 0 unspecified atom stereocenters. The number of hydrogen-bond donors (Lipinski definition) is 3. The topological polar surface area (TPSA) is 99.1 Å². The molecule has 1 saturated carbocycles. The van der Waals surface area contributed by atoms with Crippen LogP contribution in [0.15, 0.2) is 48.1 Å². The molecule has 0 radical (unpaired) electrons. The Kier molecular flexibility index (Phi) is 8.06. The minimum atomic E-state index is -0.977. The van der Waals surface area contributed by atoms with Crippen LogP contribution in [0.5, 0.6) is 5.75 Å². The van der Waals surface area contributed by atoms with Gasteiger partial charge in [-0.1, -0.05) is 50.5 Å². The van der Waals surface area contributed by atoms with Gasteiger partial charge < -0.3 is 25.2 Å². The molecule has 7 nitrogen and oxygen atoms in total. The number of carbonyl (C=O) groups is 2. The third-order valence-corrected chi connectivity index (χ3v) is 7.20. The Hall–Kier alpha value is -2.64. The van der Waals surface area contributed by atoms with E-state index in [0.717, 1.165) is 37.7 Å². The highest BCUT2D eigenvalue weighted by Gasteiger charge is 2.50. The van der Waals surface area contributed by atoms with E-state index in [4.69, 9.17) is 4.74 Å². The maximum atomic E-state index is 13.3. The number of carbonyl (C=O) groups excluding carboxylic acids is 2. The molecule has 0 spiro atoms. The molecule has 7 heteroatoms. The summed E-state index contributed by atoms with van der Waals surface area (Å²) in [7, 11) is 0. The first-order valence-electron chi connectivity index (χ1n) is 12.6. The van der Waals surface area contributed by atoms with E-state index >= 15 is 0 Å². The number of aliphatic hydroxyl groups is 2. The molecule has 3 N–H and O–H groups in total. The average molecular weight is 469 g/mol. The van der Waals surface area contributed by atoms with Gasteiger partial charge in [0.15, 0.2) is 0 Å². The lowest BCUT2D eigenvalue weighted by Gasteiger charge is -2.42. The molecule has 0 bridgehead atoms. The van der Waals surface area contributed by atoms with Gasteiger partial charge in [-0.2, -0.15) is 0 Å². The number of benzene rings is 1. The third-order valence-electron chi connectivity index (χ3n) is 7.20. The molecule has 0 aromatic heterocycles. The SMILES string of the molecule is CCC=CC(=O)N(CC1CCCCC1)[C@@H]1C=C(C(=O)NCCO)[C@@H]2c3ccccc3O[C@@H]2[C@H]1O. The van der Waals surface area contributed by atoms with Gasteiger partial charge in [-0.05, 0) is 43.4 Å². The first-order valence-corrected chi connectivity index (χ1v) is 12.6. The van der Waals surface area contributed by atoms with Crippen molar-refractivity contribution >= 4 is 11.8 Å². The second kappa shape index (κ2) is 11.2. The van der Waals surface area contributed by atoms with Crippen molar-refractivity contribution in [1.82, 2.24) is 10.2 Å². The lowest BCUT2D eigenvalue weighted by molar-refractivity contribution is -0.133. The van der Waals surface area contributed by atoms with Crippen LogP contribution < -0.4 is 10.1 Å². The van der Waals surface area contributed by atoms with Crippen LogP contribution in [0.4, 0.5) is 0 Å². The molecule has 2 aliphatic carbocycles. The van der Waals surface area contributed by atoms with Crippen molar-refractivity contribution < 1.29 is 24.5 Å². The van der Waals surface area contributed by atoms with E-state index in [0.29, 0.717) is 23.8 Å². The summed E-state index contributed by atoms with van der Waals surface area (Å²) in [6, 6.07) is 6.83. The van der Waals surface area contributed by atoms with Gasteiger partial charge in [0.2, 0.25) is 11.8 Å². The number of para-hydroxylation sites is 1. The summed E-state index contributed by atoms with van der Waals surface area (Å²) in [5, 5.41) is 23.5. The van der Waals surface area contributed by atoms with E-state index in [1.54, 1.807) is 17.1 Å². The number of aliphatic hydroxyl groups excluding tert-OH is 2. The molecule has 3 aliphatic rings. The van der Waals surface area contributed by atoms with Crippen LogP contribution in [-0.4, -0.2) is 64.9 Å². The number of allylic oxidation sites excluding steroid dienone is 1. The molecular weight excluding hydrogens is 432 g/mol. The minimum absolute atomic E-state index is 0.132. The zero-order chi connectivity index (χ0) is 24.1. The van der Waals surface area contributed by atoms with Crippen molar-refractivity contribution in [3.63, 3.8) is 0 Å². The fourth-order valence-electron chi connectivity index (χ4n) is 5.51. The summed E-state index contributed by atoms with van der Waals surface area (Å²) < 4.78 is 6.16. The van der Waals surface area contributed by atoms with Crippen molar-refractivity contribution in [1.29, 1.82) is 0 Å². The van der Waals surface area contributed by atoms with E-state index < -0.39 is 24.2 Å². The molecule has 1 aliphatic heterocycles. The average Bonchev–Trinajstić information content (AvgIpc) is 3.26. The Morgan fingerprint density at radius 2 is 1.97 bits per heavy atom. The molecule has 2 amide bonds. The van der Waals surface area contributed by atoms with Crippen LogP contribution in [0.25, 0.3) is 0 Å². The fraction of sp³-hybridized carbons (Fsp3) is 0.556. The molecule has 1 heterocycles. The van der Waals surface area contributed by atoms with Gasteiger partial charge in [0.25, 0.3) is 0 Å². The van der Waals surface area contributed by atoms with Gasteiger partial charge >= 0.3 is 0 Å². The van der Waals surface area contributed by atoms with Crippen molar-refractivity contribution in [3.8, 4) is 5.75 Å². The first kappa shape index (κ1) is 24.5. The molecular formula is C27H36N2O5. The number of rotatable bonds is 8. The van der Waals surface area contributed by atoms with Crippen molar-refractivity contribution in [3.05, 3.63) is 53.6 Å². The van der Waals surface area contributed by atoms with Crippen molar-refractivity contribution in [2.45, 2.75) is 69.6 Å². The van der Waals surface area contributed by atoms with Gasteiger partial charge in [-0.15, -0.1) is 0 Å². The van der Waals surface area contributed by atoms with Crippen LogP contribution >= 0.6 is 0 Å². The van der Waals surface area contributed by atoms with Crippen molar-refractivity contribution in [2.75, 3.05) is 19.7 Å². The maximum absolute atomic E-state index is 13.3. The Balaban J connectivity index is 1.71. The Labute approximate surface area is 201 Å². The molecule has 4 rings (SSSR count). The zero-order valence-corrected chi connectivity index (χ0v) is 19.9. The molecule has 34 heavy (non-hydrogen) atoms. The van der Waals surface area contributed by atoms with E-state index in [9.17, 15) is 19.8 Å². The number of ether oxygens (including phenoxy) is 1. The number of amides is 2. The summed E-state index contributed by atoms with van der Waals surface area (Å²) in [5.74, 6) is 0.125. The van der Waals surface area contributed by atoms with Crippen LogP contribution in [0.1, 0.15) is 56.9 Å². The molecule has 1 fully saturated rings. The normalized spacial score (nSPS) is 26.4. The third kappa shape index (κ3) is 5.05. The predicted molar refractivity (Wildman–Crippen MR) is 129 cm³/mol. The fourth-order valence-corrected chi connectivity index (χ4v) is 5.51. The van der Waals surface area contributed by atoms with Crippen LogP contribution in [-0.2, 0) is 9.59 Å². The number of fused-ring (bicyclic) bond motifs is 3. The maximum Gasteiger partial charge on any atom is 0.247 e. The predicted octanol–water partition coefficient (Wildman–Crippen LogP) is 2.68. The van der Waals surface area contributed by atoms with Gasteiger partial charge in [-0.3, -0.25) is 9.59 Å². The highest BCUT2D eigenvalue weighted by molar-refractivity contribution is 5.96. The molecule has 1 aromatic rings. The Morgan fingerprint density at radius 3 is 2.71 bits per heavy atom. The van der Waals surface area contributed by atoms with Crippen LogP contribution in [0.3, 0.4) is 0 Å². The van der Waals surface area contributed by atoms with E-state index in [-0.39, 0.29) is 25.0 Å². The second-order valence-corrected chi connectivity index (χ2v) is 9.49. The van der Waals surface area contributed by atoms with Gasteiger partial charge in [0, 0.05) is 24.2 Å². The summed E-state index contributed by atoms with van der Waals surface area (Å²) in [6.07, 6.45) is 9.90. The second-order valence-electron chi connectivity index (χ2n) is 9.49. The van der Waals surface area contributed by atoms with Crippen LogP contribution in [0, 0.1) is 5.92 Å². The molecule has 1 aromatic carbocycles. The molecule has 184 valence electrons. The summed E-state index contributed by atoms with van der Waals surface area (Å²) >= 11 is 0. The standard InChI is InChI=1S/C27H36N2O5/c1-2-3-13-23(31)29(17-18-9-5-4-6-10-18)21-16-20(27(33)28-14-15-30)24-19-11-7-8-12-22(19)34-26(24)25(21)32/h3,7-8,11-13,16,18,21,24-26,30,32H,2,4-6,9-10,14-15,17H2,1H3,(H,28,33)/t21-,24+,25+,26+/m1/s1. The van der Waals surface area contributed by atoms with E-state index in [2.05, 4.69) is 5.32 Å². The Morgan fingerprint density at radius 1 is 1.21 bits per heavy atom. The lowest BCUT2D eigenvalue weighted by atomic mass is 9.77. The smallest absolute Gasteiger partial charge is 0.247 e. The monoisotopic (exact) mass is 468 g/mol. The summed E-state index contributed by atoms with van der Waals surface area (Å²) in [4.78, 5) is 28.2. The van der Waals surface area contributed by atoms with E-state index in [1.165, 1.54) is 6.42 Å². The van der Waals surface area contributed by atoms with Crippen LogP contribution in [0.2, 0.25) is 0 Å². The highest BCUT2D eigenvalue weighted by atomic mass is 16.5. The van der Waals surface area contributed by atoms with Gasteiger partial charge in [-0.25, -0.2) is 0 Å². The lowest BCUT2D eigenvalue weighted by Crippen LogP contribution is -2.56. The molecule has 0 saturated heterocycles. The minimum Gasteiger partial charge on any atom is -0.486 e.